The van der Waals surface area contributed by atoms with E-state index in [0.717, 1.165) is 5.25 Å². The van der Waals surface area contributed by atoms with Crippen molar-refractivity contribution in [1.82, 2.24) is 10.2 Å². The molecule has 3 heteroatoms. The third-order valence-corrected chi connectivity index (χ3v) is 5.49. The van der Waals surface area contributed by atoms with Crippen LogP contribution in [0.4, 0.5) is 0 Å². The second-order valence-corrected chi connectivity index (χ2v) is 7.16. The van der Waals surface area contributed by atoms with Crippen molar-refractivity contribution in [1.29, 1.82) is 0 Å². The summed E-state index contributed by atoms with van der Waals surface area (Å²) in [6, 6.07) is 0. The second-order valence-electron chi connectivity index (χ2n) is 5.33. The van der Waals surface area contributed by atoms with Crippen molar-refractivity contribution in [2.45, 2.75) is 56.1 Å². The molecule has 1 spiro atoms. The van der Waals surface area contributed by atoms with Crippen molar-refractivity contribution in [2.75, 3.05) is 26.2 Å². The van der Waals surface area contributed by atoms with Gasteiger partial charge in [0.05, 0.1) is 4.87 Å². The van der Waals surface area contributed by atoms with Crippen molar-refractivity contribution < 1.29 is 0 Å². The molecule has 0 aromatic heterocycles. The Morgan fingerprint density at radius 2 is 2.25 bits per heavy atom. The van der Waals surface area contributed by atoms with E-state index < -0.39 is 0 Å². The quantitative estimate of drug-likeness (QED) is 0.801. The first-order valence-electron chi connectivity index (χ1n) is 6.89. The fourth-order valence-corrected chi connectivity index (χ4v) is 4.65. The zero-order valence-corrected chi connectivity index (χ0v) is 11.6. The number of nitrogens with zero attached hydrogens (tertiary/aromatic N) is 1. The van der Waals surface area contributed by atoms with Crippen molar-refractivity contribution in [3.05, 3.63) is 0 Å². The van der Waals surface area contributed by atoms with E-state index in [4.69, 9.17) is 0 Å². The van der Waals surface area contributed by atoms with Crippen LogP contribution in [0, 0.1) is 0 Å². The SMILES string of the molecule is CCCN1CCCC2(CC1)NCCC(C)S2. The summed E-state index contributed by atoms with van der Waals surface area (Å²) in [5.74, 6) is 0. The molecule has 1 N–H and O–H groups in total. The molecule has 0 aliphatic carbocycles. The summed E-state index contributed by atoms with van der Waals surface area (Å²) in [5, 5.41) is 4.65. The average Bonchev–Trinajstić information content (AvgIpc) is 2.43. The Hall–Kier alpha value is 0.270. The van der Waals surface area contributed by atoms with Gasteiger partial charge in [-0.05, 0) is 51.7 Å². The van der Waals surface area contributed by atoms with Crippen LogP contribution in [0.1, 0.15) is 46.0 Å². The number of nitrogens with one attached hydrogen (secondary N) is 1. The molecule has 2 aliphatic rings. The number of likely N-dealkylation sites (tertiary alicyclic amines) is 1. The van der Waals surface area contributed by atoms with Gasteiger partial charge in [-0.2, -0.15) is 0 Å². The lowest BCUT2D eigenvalue weighted by Gasteiger charge is -2.40. The van der Waals surface area contributed by atoms with Gasteiger partial charge in [-0.15, -0.1) is 11.8 Å². The van der Waals surface area contributed by atoms with Crippen LogP contribution in [0.5, 0.6) is 0 Å². The molecule has 2 atom stereocenters. The third-order valence-electron chi connectivity index (χ3n) is 3.85. The first-order chi connectivity index (χ1) is 7.74. The van der Waals surface area contributed by atoms with Crippen molar-refractivity contribution in [3.63, 3.8) is 0 Å². The zero-order valence-electron chi connectivity index (χ0n) is 10.8. The number of hydrogen-bond donors (Lipinski definition) is 1. The maximum Gasteiger partial charge on any atom is 0.0660 e. The van der Waals surface area contributed by atoms with Gasteiger partial charge in [0.1, 0.15) is 0 Å². The summed E-state index contributed by atoms with van der Waals surface area (Å²) in [6.07, 6.45) is 6.70. The largest absolute Gasteiger partial charge is 0.303 e. The molecule has 16 heavy (non-hydrogen) atoms. The Labute approximate surface area is 105 Å². The molecule has 0 radical (unpaired) electrons. The van der Waals surface area contributed by atoms with Crippen LogP contribution < -0.4 is 5.32 Å². The highest BCUT2D eigenvalue weighted by atomic mass is 32.2. The monoisotopic (exact) mass is 242 g/mol. The van der Waals surface area contributed by atoms with Gasteiger partial charge < -0.3 is 10.2 Å². The minimum atomic E-state index is 0.417. The first-order valence-corrected chi connectivity index (χ1v) is 7.77. The van der Waals surface area contributed by atoms with Crippen molar-refractivity contribution in [3.8, 4) is 0 Å². The highest BCUT2D eigenvalue weighted by molar-refractivity contribution is 8.01. The van der Waals surface area contributed by atoms with E-state index in [1.165, 1.54) is 58.3 Å². The van der Waals surface area contributed by atoms with Crippen molar-refractivity contribution in [2.24, 2.45) is 0 Å². The van der Waals surface area contributed by atoms with Crippen LogP contribution in [0.25, 0.3) is 0 Å². The topological polar surface area (TPSA) is 15.3 Å². The lowest BCUT2D eigenvalue weighted by molar-refractivity contribution is 0.279. The van der Waals surface area contributed by atoms with Gasteiger partial charge in [0, 0.05) is 11.8 Å². The average molecular weight is 242 g/mol. The standard InChI is InChI=1S/C13H26N2S/c1-3-9-15-10-4-6-13(7-11-15)14-8-5-12(2)16-13/h12,14H,3-11H2,1-2H3. The van der Waals surface area contributed by atoms with Crippen molar-refractivity contribution >= 4 is 11.8 Å². The van der Waals surface area contributed by atoms with E-state index in [0.29, 0.717) is 4.87 Å². The van der Waals surface area contributed by atoms with Gasteiger partial charge in [-0.1, -0.05) is 13.8 Å². The molecule has 0 amide bonds. The lowest BCUT2D eigenvalue weighted by atomic mass is 10.1. The van der Waals surface area contributed by atoms with Crippen LogP contribution in [-0.4, -0.2) is 41.2 Å². The Balaban J connectivity index is 1.91. The fourth-order valence-electron chi connectivity index (χ4n) is 2.99. The summed E-state index contributed by atoms with van der Waals surface area (Å²) in [5.41, 5.74) is 0. The van der Waals surface area contributed by atoms with Gasteiger partial charge in [-0.25, -0.2) is 0 Å². The highest BCUT2D eigenvalue weighted by Gasteiger charge is 2.36. The van der Waals surface area contributed by atoms with E-state index in [2.05, 4.69) is 35.8 Å². The van der Waals surface area contributed by atoms with Crippen LogP contribution in [0.3, 0.4) is 0 Å². The summed E-state index contributed by atoms with van der Waals surface area (Å²) in [4.78, 5) is 3.07. The molecule has 2 aliphatic heterocycles. The van der Waals surface area contributed by atoms with Crippen LogP contribution in [0.2, 0.25) is 0 Å². The van der Waals surface area contributed by atoms with E-state index >= 15 is 0 Å². The van der Waals surface area contributed by atoms with E-state index in [1.54, 1.807) is 0 Å². The second kappa shape index (κ2) is 5.74. The van der Waals surface area contributed by atoms with Crippen LogP contribution in [0.15, 0.2) is 0 Å². The van der Waals surface area contributed by atoms with E-state index in [1.807, 2.05) is 0 Å². The molecule has 0 bridgehead atoms. The normalized spacial score (nSPS) is 37.5. The predicted molar refractivity (Wildman–Crippen MR) is 73.0 cm³/mol. The smallest absolute Gasteiger partial charge is 0.0660 e. The fraction of sp³-hybridized carbons (Fsp3) is 1.00. The summed E-state index contributed by atoms with van der Waals surface area (Å²) in [6.45, 7) is 9.79. The summed E-state index contributed by atoms with van der Waals surface area (Å²) >= 11 is 2.21. The molecule has 94 valence electrons. The zero-order chi connectivity index (χ0) is 11.4. The van der Waals surface area contributed by atoms with E-state index in [9.17, 15) is 0 Å². The van der Waals surface area contributed by atoms with E-state index in [-0.39, 0.29) is 0 Å². The summed E-state index contributed by atoms with van der Waals surface area (Å²) < 4.78 is 0. The molecule has 0 aromatic carbocycles. The third kappa shape index (κ3) is 3.14. The number of rotatable bonds is 2. The lowest BCUT2D eigenvalue weighted by Crippen LogP contribution is -2.48. The molecule has 2 unspecified atom stereocenters. The Kier molecular flexibility index (Phi) is 4.57. The van der Waals surface area contributed by atoms with Crippen LogP contribution in [-0.2, 0) is 0 Å². The van der Waals surface area contributed by atoms with Gasteiger partial charge in [0.25, 0.3) is 0 Å². The Bertz CT molecular complexity index is 222. The molecule has 2 nitrogen and oxygen atoms in total. The molecule has 2 heterocycles. The maximum absolute atomic E-state index is 3.80. The first kappa shape index (κ1) is 12.7. The molecule has 0 saturated carbocycles. The number of thioether (sulfide) groups is 1. The Morgan fingerprint density at radius 3 is 3.00 bits per heavy atom. The molecule has 2 saturated heterocycles. The molecular weight excluding hydrogens is 216 g/mol. The van der Waals surface area contributed by atoms with Gasteiger partial charge in [0.2, 0.25) is 0 Å². The Morgan fingerprint density at radius 1 is 1.38 bits per heavy atom. The highest BCUT2D eigenvalue weighted by Crippen LogP contribution is 2.39. The van der Waals surface area contributed by atoms with Gasteiger partial charge in [0.15, 0.2) is 0 Å². The maximum atomic E-state index is 3.80. The molecule has 2 rings (SSSR count). The van der Waals surface area contributed by atoms with Crippen LogP contribution >= 0.6 is 11.8 Å². The minimum Gasteiger partial charge on any atom is -0.303 e. The molecular formula is C13H26N2S. The molecule has 2 fully saturated rings. The summed E-state index contributed by atoms with van der Waals surface area (Å²) in [7, 11) is 0. The van der Waals surface area contributed by atoms with Gasteiger partial charge in [-0.3, -0.25) is 0 Å². The predicted octanol–water partition coefficient (Wildman–Crippen LogP) is 2.69. The van der Waals surface area contributed by atoms with Gasteiger partial charge >= 0.3 is 0 Å². The molecule has 0 aromatic rings. The number of hydrogen-bond acceptors (Lipinski definition) is 3. The minimum absolute atomic E-state index is 0.417.